The minimum Gasteiger partial charge on any atom is -0.497 e. The van der Waals surface area contributed by atoms with Gasteiger partial charge in [-0.05, 0) is 55.0 Å². The van der Waals surface area contributed by atoms with E-state index in [1.807, 2.05) is 0 Å². The number of likely N-dealkylation sites (N-methyl/N-ethyl adjacent to an activating group) is 1. The molecule has 51 heavy (non-hydrogen) atoms. The van der Waals surface area contributed by atoms with Gasteiger partial charge in [0.1, 0.15) is 46.2 Å². The molecule has 1 aliphatic rings. The molecule has 3 atom stereocenters. The van der Waals surface area contributed by atoms with Gasteiger partial charge in [-0.25, -0.2) is 31.9 Å². The Morgan fingerprint density at radius 3 is 2.45 bits per heavy atom. The van der Waals surface area contributed by atoms with Gasteiger partial charge in [0.05, 0.1) is 37.4 Å². The third kappa shape index (κ3) is 8.22. The maximum absolute atomic E-state index is 15.9. The Bertz CT molecular complexity index is 1990. The van der Waals surface area contributed by atoms with Crippen LogP contribution in [0, 0.1) is 5.82 Å². The summed E-state index contributed by atoms with van der Waals surface area (Å²) in [5.74, 6) is -1.21. The van der Waals surface area contributed by atoms with E-state index in [-0.39, 0.29) is 36.0 Å². The summed E-state index contributed by atoms with van der Waals surface area (Å²) in [6, 6.07) is 11.8. The second kappa shape index (κ2) is 15.2. The second-order valence-electron chi connectivity index (χ2n) is 11.7. The summed E-state index contributed by atoms with van der Waals surface area (Å²) < 4.78 is 102. The largest absolute Gasteiger partial charge is 0.497 e. The lowest BCUT2D eigenvalue weighted by Gasteiger charge is -2.40. The van der Waals surface area contributed by atoms with Crippen molar-refractivity contribution in [3.63, 3.8) is 0 Å². The van der Waals surface area contributed by atoms with Gasteiger partial charge in [-0.1, -0.05) is 29.8 Å². The molecule has 1 N–H and O–H groups in total. The van der Waals surface area contributed by atoms with Gasteiger partial charge in [0.15, 0.2) is 0 Å². The maximum Gasteiger partial charge on any atom is 0.416 e. The average Bonchev–Trinajstić information content (AvgIpc) is 3.11. The molecule has 11 nitrogen and oxygen atoms in total. The molecule has 1 fully saturated rings. The molecule has 272 valence electrons. The Morgan fingerprint density at radius 1 is 1.04 bits per heavy atom. The van der Waals surface area contributed by atoms with E-state index in [1.165, 1.54) is 39.6 Å². The van der Waals surface area contributed by atoms with Crippen molar-refractivity contribution in [2.75, 3.05) is 25.6 Å². The van der Waals surface area contributed by atoms with Crippen LogP contribution in [0.5, 0.6) is 17.2 Å². The number of anilines is 1. The minimum absolute atomic E-state index is 0.0733. The number of benzene rings is 3. The lowest BCUT2D eigenvalue weighted by molar-refractivity contribution is -0.137. The lowest BCUT2D eigenvalue weighted by Crippen LogP contribution is -2.49. The number of ether oxygens (including phenoxy) is 3. The fourth-order valence-electron chi connectivity index (χ4n) is 6.02. The first-order valence-electron chi connectivity index (χ1n) is 15.4. The molecule has 1 aromatic heterocycles. The van der Waals surface area contributed by atoms with Gasteiger partial charge in [-0.15, -0.1) is 0 Å². The standard InChI is InChI=1S/C34H33ClF4N4O7S/c1-42(33(44)45)27-14-21(20-5-4-6-23(13-20)34(37,38)39)8-10-28(27)50-30-17-26(36)31(16-25(30)35)51(46,47)43(32-11-12-40-19-41-32)18-22-7-9-24(48-2)15-29(22)49-3/h4-7,9,11-13,15-17,19,21,27-28H,8,10,14,18H2,1-3H3,(H,44,45)/t21-,27-,28-/m0/s1. The average molecular weight is 753 g/mol. The molecule has 5 rings (SSSR count). The number of aromatic nitrogens is 2. The predicted octanol–water partition coefficient (Wildman–Crippen LogP) is 7.39. The maximum atomic E-state index is 15.9. The Morgan fingerprint density at radius 2 is 1.80 bits per heavy atom. The number of carbonyl (C=O) groups is 1. The highest BCUT2D eigenvalue weighted by Gasteiger charge is 2.39. The van der Waals surface area contributed by atoms with E-state index < -0.39 is 56.6 Å². The van der Waals surface area contributed by atoms with Crippen LogP contribution in [0.2, 0.25) is 5.02 Å². The molecule has 0 unspecified atom stereocenters. The van der Waals surface area contributed by atoms with Crippen molar-refractivity contribution in [2.45, 2.75) is 54.9 Å². The summed E-state index contributed by atoms with van der Waals surface area (Å²) in [5.41, 5.74) is -0.0206. The highest BCUT2D eigenvalue weighted by Crippen LogP contribution is 2.41. The molecular weight excluding hydrogens is 720 g/mol. The number of carboxylic acid groups (broad SMARTS) is 1. The highest BCUT2D eigenvalue weighted by atomic mass is 35.5. The number of amides is 1. The molecule has 3 aromatic carbocycles. The number of hydrogen-bond acceptors (Lipinski definition) is 8. The van der Waals surface area contributed by atoms with Crippen LogP contribution in [0.1, 0.15) is 41.9 Å². The van der Waals surface area contributed by atoms with Crippen molar-refractivity contribution in [2.24, 2.45) is 0 Å². The first-order valence-corrected chi connectivity index (χ1v) is 17.2. The van der Waals surface area contributed by atoms with E-state index in [0.717, 1.165) is 39.8 Å². The smallest absolute Gasteiger partial charge is 0.416 e. The van der Waals surface area contributed by atoms with E-state index in [2.05, 4.69) is 9.97 Å². The summed E-state index contributed by atoms with van der Waals surface area (Å²) in [7, 11) is -0.547. The summed E-state index contributed by atoms with van der Waals surface area (Å²) in [4.78, 5) is 20.1. The first kappa shape index (κ1) is 37.4. The van der Waals surface area contributed by atoms with Crippen molar-refractivity contribution in [3.05, 3.63) is 101 Å². The minimum atomic E-state index is -4.71. The molecule has 17 heteroatoms. The van der Waals surface area contributed by atoms with Crippen LogP contribution in [-0.2, 0) is 22.7 Å². The highest BCUT2D eigenvalue weighted by molar-refractivity contribution is 7.92. The predicted molar refractivity (Wildman–Crippen MR) is 178 cm³/mol. The number of sulfonamides is 1. The zero-order chi connectivity index (χ0) is 37.1. The Hall–Kier alpha value is -4.83. The van der Waals surface area contributed by atoms with Crippen LogP contribution in [0.25, 0.3) is 0 Å². The Labute approximate surface area is 296 Å². The zero-order valence-electron chi connectivity index (χ0n) is 27.5. The molecule has 0 radical (unpaired) electrons. The van der Waals surface area contributed by atoms with Crippen LogP contribution >= 0.6 is 11.6 Å². The molecule has 4 aromatic rings. The van der Waals surface area contributed by atoms with Crippen LogP contribution in [0.15, 0.2) is 78.1 Å². The van der Waals surface area contributed by atoms with E-state index >= 15 is 4.39 Å². The van der Waals surface area contributed by atoms with E-state index in [9.17, 15) is 31.5 Å². The molecule has 1 heterocycles. The van der Waals surface area contributed by atoms with Gasteiger partial charge in [-0.2, -0.15) is 13.2 Å². The zero-order valence-corrected chi connectivity index (χ0v) is 29.0. The molecule has 0 bridgehead atoms. The fraction of sp³-hybridized carbons (Fsp3) is 0.324. The summed E-state index contributed by atoms with van der Waals surface area (Å²) in [6.07, 6.45) is -3.70. The van der Waals surface area contributed by atoms with Gasteiger partial charge < -0.3 is 24.2 Å². The van der Waals surface area contributed by atoms with Crippen LogP contribution in [0.4, 0.5) is 28.2 Å². The third-order valence-electron chi connectivity index (χ3n) is 8.70. The van der Waals surface area contributed by atoms with Gasteiger partial charge in [0.2, 0.25) is 0 Å². The van der Waals surface area contributed by atoms with E-state index in [1.54, 1.807) is 24.3 Å². The van der Waals surface area contributed by atoms with Crippen LogP contribution < -0.4 is 18.5 Å². The number of methoxy groups -OCH3 is 2. The summed E-state index contributed by atoms with van der Waals surface area (Å²) in [6.45, 7) is -0.333. The number of rotatable bonds is 11. The van der Waals surface area contributed by atoms with Crippen LogP contribution in [-0.4, -0.2) is 67.9 Å². The topological polar surface area (TPSA) is 131 Å². The molecule has 1 saturated carbocycles. The van der Waals surface area contributed by atoms with Gasteiger partial charge in [0, 0.05) is 37.0 Å². The second-order valence-corrected chi connectivity index (χ2v) is 14.0. The summed E-state index contributed by atoms with van der Waals surface area (Å²) >= 11 is 6.52. The van der Waals surface area contributed by atoms with E-state index in [0.29, 0.717) is 29.0 Å². The van der Waals surface area contributed by atoms with Crippen molar-refractivity contribution in [1.29, 1.82) is 0 Å². The fourth-order valence-corrected chi connectivity index (χ4v) is 7.76. The van der Waals surface area contributed by atoms with Crippen molar-refractivity contribution in [1.82, 2.24) is 14.9 Å². The first-order chi connectivity index (χ1) is 24.1. The van der Waals surface area contributed by atoms with Crippen LogP contribution in [0.3, 0.4) is 0 Å². The third-order valence-corrected chi connectivity index (χ3v) is 10.8. The lowest BCUT2D eigenvalue weighted by atomic mass is 9.79. The van der Waals surface area contributed by atoms with Crippen molar-refractivity contribution < 1.29 is 50.1 Å². The Kier molecular flexibility index (Phi) is 11.1. The molecule has 0 aliphatic heterocycles. The Balaban J connectivity index is 1.45. The van der Waals surface area contributed by atoms with Crippen molar-refractivity contribution >= 4 is 33.5 Å². The quantitative estimate of drug-likeness (QED) is 0.156. The number of hydrogen-bond donors (Lipinski definition) is 1. The number of alkyl halides is 3. The SMILES string of the molecule is COc1ccc(CN(c2ccncn2)S(=O)(=O)c2cc(Cl)c(O[C@H]3CC[C@H](c4cccc(C(F)(F)F)c4)C[C@@H]3N(C)C(=O)O)cc2F)c(OC)c1. The summed E-state index contributed by atoms with van der Waals surface area (Å²) in [5, 5.41) is 9.52. The van der Waals surface area contributed by atoms with E-state index in [4.69, 9.17) is 25.8 Å². The molecule has 0 spiro atoms. The molecule has 1 amide bonds. The van der Waals surface area contributed by atoms with Gasteiger partial charge in [0.25, 0.3) is 10.0 Å². The molecule has 0 saturated heterocycles. The normalized spacial score (nSPS) is 17.8. The molecule has 1 aliphatic carbocycles. The monoisotopic (exact) mass is 752 g/mol. The van der Waals surface area contributed by atoms with Crippen molar-refractivity contribution in [3.8, 4) is 17.2 Å². The number of halogens is 5. The number of nitrogens with zero attached hydrogens (tertiary/aromatic N) is 4. The van der Waals surface area contributed by atoms with Gasteiger partial charge >= 0.3 is 12.3 Å². The van der Waals surface area contributed by atoms with Gasteiger partial charge in [-0.3, -0.25) is 0 Å². The molecular formula is C34H33ClF4N4O7S.